The van der Waals surface area contributed by atoms with Crippen LogP contribution in [0.5, 0.6) is 0 Å². The van der Waals surface area contributed by atoms with Crippen LogP contribution in [0.3, 0.4) is 0 Å². The third-order valence-corrected chi connectivity index (χ3v) is 1.50. The minimum atomic E-state index is -2.69. The highest BCUT2D eigenvalue weighted by molar-refractivity contribution is 5.35. The Morgan fingerprint density at radius 1 is 1.54 bits per heavy atom. The van der Waals surface area contributed by atoms with Crippen LogP contribution in [0.15, 0.2) is 12.1 Å². The Morgan fingerprint density at radius 2 is 2.15 bits per heavy atom. The highest BCUT2D eigenvalue weighted by Crippen LogP contribution is 2.21. The first-order valence-corrected chi connectivity index (χ1v) is 3.42. The Bertz CT molecular complexity index is 341. The molecule has 0 aliphatic heterocycles. The summed E-state index contributed by atoms with van der Waals surface area (Å²) < 4.78 is 24.1. The summed E-state index contributed by atoms with van der Waals surface area (Å²) in [5, 5.41) is 10.3. The number of nitro groups is 1. The van der Waals surface area contributed by atoms with Crippen LogP contribution in [0.1, 0.15) is 17.8 Å². The zero-order valence-corrected chi connectivity index (χ0v) is 6.70. The van der Waals surface area contributed by atoms with Gasteiger partial charge < -0.3 is 0 Å². The van der Waals surface area contributed by atoms with Crippen molar-refractivity contribution >= 4 is 5.69 Å². The summed E-state index contributed by atoms with van der Waals surface area (Å²) in [6.45, 7) is 1.32. The van der Waals surface area contributed by atoms with Crippen molar-refractivity contribution in [1.29, 1.82) is 0 Å². The van der Waals surface area contributed by atoms with Gasteiger partial charge in [-0.3, -0.25) is 10.1 Å². The standard InChI is InChI=1S/C7H6F2N2O2/c1-4-6(11(12)13)3-2-5(10-4)7(8)9/h2-3,7H,1H3. The molecule has 0 fully saturated rings. The van der Waals surface area contributed by atoms with Gasteiger partial charge >= 0.3 is 0 Å². The number of rotatable bonds is 2. The lowest BCUT2D eigenvalue weighted by molar-refractivity contribution is -0.385. The molecule has 0 atom stereocenters. The summed E-state index contributed by atoms with van der Waals surface area (Å²) in [7, 11) is 0. The van der Waals surface area contributed by atoms with Gasteiger partial charge in [-0.25, -0.2) is 13.8 Å². The fourth-order valence-electron chi connectivity index (χ4n) is 0.888. The van der Waals surface area contributed by atoms with Crippen LogP contribution in [-0.4, -0.2) is 9.91 Å². The Morgan fingerprint density at radius 3 is 2.54 bits per heavy atom. The van der Waals surface area contributed by atoms with Crippen LogP contribution in [0, 0.1) is 17.0 Å². The van der Waals surface area contributed by atoms with Crippen molar-refractivity contribution in [2.24, 2.45) is 0 Å². The zero-order valence-electron chi connectivity index (χ0n) is 6.70. The predicted molar refractivity (Wildman–Crippen MR) is 40.6 cm³/mol. The molecule has 0 unspecified atom stereocenters. The largest absolute Gasteiger partial charge is 0.290 e. The van der Waals surface area contributed by atoms with Gasteiger partial charge in [0.1, 0.15) is 11.4 Å². The molecule has 6 heteroatoms. The van der Waals surface area contributed by atoms with E-state index in [9.17, 15) is 18.9 Å². The topological polar surface area (TPSA) is 56.0 Å². The van der Waals surface area contributed by atoms with Gasteiger partial charge in [0.15, 0.2) is 0 Å². The molecule has 0 saturated carbocycles. The second-order valence-electron chi connectivity index (χ2n) is 2.40. The predicted octanol–water partition coefficient (Wildman–Crippen LogP) is 2.24. The summed E-state index contributed by atoms with van der Waals surface area (Å²) in [5.41, 5.74) is -0.685. The second-order valence-corrected chi connectivity index (χ2v) is 2.40. The van der Waals surface area contributed by atoms with E-state index in [-0.39, 0.29) is 11.4 Å². The van der Waals surface area contributed by atoms with Gasteiger partial charge in [0.05, 0.1) is 4.92 Å². The molecular weight excluding hydrogens is 182 g/mol. The quantitative estimate of drug-likeness (QED) is 0.528. The van der Waals surface area contributed by atoms with E-state index in [4.69, 9.17) is 0 Å². The van der Waals surface area contributed by atoms with Crippen LogP contribution < -0.4 is 0 Å². The van der Waals surface area contributed by atoms with Crippen LogP contribution in [0.4, 0.5) is 14.5 Å². The molecule has 4 nitrogen and oxygen atoms in total. The molecule has 0 aromatic carbocycles. The summed E-state index contributed by atoms with van der Waals surface area (Å²) in [4.78, 5) is 13.0. The average molecular weight is 188 g/mol. The molecule has 1 rings (SSSR count). The summed E-state index contributed by atoms with van der Waals surface area (Å²) in [6.07, 6.45) is -2.69. The number of alkyl halides is 2. The van der Waals surface area contributed by atoms with Crippen molar-refractivity contribution in [1.82, 2.24) is 4.98 Å². The van der Waals surface area contributed by atoms with E-state index < -0.39 is 17.0 Å². The molecule has 0 radical (unpaired) electrons. The van der Waals surface area contributed by atoms with Crippen molar-refractivity contribution in [2.75, 3.05) is 0 Å². The second kappa shape index (κ2) is 3.42. The van der Waals surface area contributed by atoms with Crippen molar-refractivity contribution < 1.29 is 13.7 Å². The molecule has 13 heavy (non-hydrogen) atoms. The lowest BCUT2D eigenvalue weighted by atomic mass is 10.3. The SMILES string of the molecule is Cc1nc(C(F)F)ccc1[N+](=O)[O-]. The maximum absolute atomic E-state index is 12.0. The maximum Gasteiger partial charge on any atom is 0.290 e. The van der Waals surface area contributed by atoms with E-state index in [1.807, 2.05) is 0 Å². The van der Waals surface area contributed by atoms with Gasteiger partial charge in [-0.15, -0.1) is 0 Å². The van der Waals surface area contributed by atoms with Crippen LogP contribution in [0.2, 0.25) is 0 Å². The van der Waals surface area contributed by atoms with Crippen LogP contribution in [0.25, 0.3) is 0 Å². The van der Waals surface area contributed by atoms with E-state index in [0.29, 0.717) is 0 Å². The van der Waals surface area contributed by atoms with Crippen LogP contribution >= 0.6 is 0 Å². The normalized spacial score (nSPS) is 10.5. The fourth-order valence-corrected chi connectivity index (χ4v) is 0.888. The molecule has 0 amide bonds. The molecular formula is C7H6F2N2O2. The van der Waals surface area contributed by atoms with E-state index in [0.717, 1.165) is 12.1 Å². The maximum atomic E-state index is 12.0. The molecule has 0 bridgehead atoms. The van der Waals surface area contributed by atoms with Gasteiger partial charge in [0.25, 0.3) is 12.1 Å². The van der Waals surface area contributed by atoms with Crippen molar-refractivity contribution in [3.8, 4) is 0 Å². The van der Waals surface area contributed by atoms with E-state index >= 15 is 0 Å². The van der Waals surface area contributed by atoms with Crippen LogP contribution in [-0.2, 0) is 0 Å². The average Bonchev–Trinajstić information content (AvgIpc) is 2.03. The highest BCUT2D eigenvalue weighted by Gasteiger charge is 2.15. The molecule has 1 aromatic rings. The zero-order chi connectivity index (χ0) is 10.0. The van der Waals surface area contributed by atoms with Crippen molar-refractivity contribution in [3.05, 3.63) is 33.6 Å². The molecule has 0 saturated heterocycles. The number of aryl methyl sites for hydroxylation is 1. The number of pyridine rings is 1. The Labute approximate surface area is 72.4 Å². The number of nitrogens with zero attached hydrogens (tertiary/aromatic N) is 2. The van der Waals surface area contributed by atoms with E-state index in [2.05, 4.69) is 4.98 Å². The number of halogens is 2. The lowest BCUT2D eigenvalue weighted by Gasteiger charge is -2.00. The van der Waals surface area contributed by atoms with Crippen molar-refractivity contribution in [3.63, 3.8) is 0 Å². The van der Waals surface area contributed by atoms with Gasteiger partial charge in [0, 0.05) is 6.07 Å². The summed E-state index contributed by atoms with van der Waals surface area (Å²) in [6, 6.07) is 1.99. The van der Waals surface area contributed by atoms with Crippen molar-refractivity contribution in [2.45, 2.75) is 13.3 Å². The van der Waals surface area contributed by atoms with E-state index in [1.54, 1.807) is 0 Å². The Kier molecular flexibility index (Phi) is 2.50. The third-order valence-electron chi connectivity index (χ3n) is 1.50. The third kappa shape index (κ3) is 1.95. The fraction of sp³-hybridized carbons (Fsp3) is 0.286. The smallest absolute Gasteiger partial charge is 0.258 e. The first kappa shape index (κ1) is 9.50. The molecule has 70 valence electrons. The highest BCUT2D eigenvalue weighted by atomic mass is 19.3. The lowest BCUT2D eigenvalue weighted by Crippen LogP contribution is -1.97. The summed E-state index contributed by atoms with van der Waals surface area (Å²) in [5.74, 6) is 0. The molecule has 1 heterocycles. The minimum Gasteiger partial charge on any atom is -0.258 e. The molecule has 0 spiro atoms. The first-order valence-electron chi connectivity index (χ1n) is 3.42. The van der Waals surface area contributed by atoms with Gasteiger partial charge in [-0.2, -0.15) is 0 Å². The van der Waals surface area contributed by atoms with Gasteiger partial charge in [-0.05, 0) is 13.0 Å². The minimum absolute atomic E-state index is 0.00259. The van der Waals surface area contributed by atoms with E-state index in [1.165, 1.54) is 6.92 Å². The number of hydrogen-bond acceptors (Lipinski definition) is 3. The van der Waals surface area contributed by atoms with Gasteiger partial charge in [-0.1, -0.05) is 0 Å². The molecule has 0 aliphatic carbocycles. The first-order chi connectivity index (χ1) is 6.02. The number of aromatic nitrogens is 1. The molecule has 1 aromatic heterocycles. The van der Waals surface area contributed by atoms with Gasteiger partial charge in [0.2, 0.25) is 0 Å². The monoisotopic (exact) mass is 188 g/mol. The Hall–Kier alpha value is -1.59. The summed E-state index contributed by atoms with van der Waals surface area (Å²) >= 11 is 0. The number of hydrogen-bond donors (Lipinski definition) is 0. The Balaban J connectivity index is 3.13. The molecule has 0 aliphatic rings. The molecule has 0 N–H and O–H groups in total.